The quantitative estimate of drug-likeness (QED) is 0.413. The van der Waals surface area contributed by atoms with Crippen LogP contribution in [0.15, 0.2) is 36.8 Å². The van der Waals surface area contributed by atoms with Gasteiger partial charge in [-0.1, -0.05) is 0 Å². The summed E-state index contributed by atoms with van der Waals surface area (Å²) in [6.07, 6.45) is 8.70. The van der Waals surface area contributed by atoms with Gasteiger partial charge >= 0.3 is 0 Å². The SMILES string of the molecule is COCC1(NC2CCN(c3ccc(C(=O)Nc4cc(F)c5nc(C)cn5c4)c4nn(C)cc34)C2)CC1. The van der Waals surface area contributed by atoms with Crippen molar-refractivity contribution in [1.82, 2.24) is 24.5 Å². The molecule has 0 spiro atoms. The van der Waals surface area contributed by atoms with E-state index in [2.05, 4.69) is 25.6 Å². The highest BCUT2D eigenvalue weighted by atomic mass is 19.1. The number of benzene rings is 1. The normalized spacial score (nSPS) is 18.9. The van der Waals surface area contributed by atoms with Crippen molar-refractivity contribution >= 4 is 33.8 Å². The Bertz CT molecular complexity index is 1470. The van der Waals surface area contributed by atoms with Crippen molar-refractivity contribution in [3.05, 3.63) is 53.9 Å². The zero-order chi connectivity index (χ0) is 25.0. The first-order valence-corrected chi connectivity index (χ1v) is 12.3. The zero-order valence-corrected chi connectivity index (χ0v) is 20.7. The van der Waals surface area contributed by atoms with E-state index in [-0.39, 0.29) is 17.1 Å². The number of nitrogens with zero attached hydrogens (tertiary/aromatic N) is 5. The summed E-state index contributed by atoms with van der Waals surface area (Å²) in [6.45, 7) is 4.37. The molecule has 1 aliphatic carbocycles. The maximum atomic E-state index is 14.5. The van der Waals surface area contributed by atoms with E-state index in [0.717, 1.165) is 50.0 Å². The summed E-state index contributed by atoms with van der Waals surface area (Å²) >= 11 is 0. The number of carbonyl (C=O) groups excluding carboxylic acids is 1. The van der Waals surface area contributed by atoms with Crippen molar-refractivity contribution < 1.29 is 13.9 Å². The van der Waals surface area contributed by atoms with E-state index < -0.39 is 5.82 Å². The molecule has 4 heterocycles. The number of fused-ring (bicyclic) bond motifs is 2. The van der Waals surface area contributed by atoms with Gasteiger partial charge in [-0.15, -0.1) is 0 Å². The van der Waals surface area contributed by atoms with Crippen molar-refractivity contribution in [2.24, 2.45) is 7.05 Å². The van der Waals surface area contributed by atoms with Gasteiger partial charge in [0.15, 0.2) is 11.5 Å². The molecule has 0 radical (unpaired) electrons. The predicted octanol–water partition coefficient (Wildman–Crippen LogP) is 3.27. The number of aromatic nitrogens is 4. The van der Waals surface area contributed by atoms with Crippen molar-refractivity contribution in [1.29, 1.82) is 0 Å². The lowest BCUT2D eigenvalue weighted by atomic mass is 10.1. The maximum absolute atomic E-state index is 14.5. The van der Waals surface area contributed by atoms with E-state index in [1.807, 2.05) is 25.4 Å². The Morgan fingerprint density at radius 3 is 2.89 bits per heavy atom. The fourth-order valence-electron chi connectivity index (χ4n) is 5.40. The lowest BCUT2D eigenvalue weighted by Gasteiger charge is -2.23. The van der Waals surface area contributed by atoms with E-state index in [0.29, 0.717) is 28.5 Å². The number of ether oxygens (including phenoxy) is 1. The van der Waals surface area contributed by atoms with Crippen LogP contribution >= 0.6 is 0 Å². The van der Waals surface area contributed by atoms with Crippen LogP contribution in [0, 0.1) is 12.7 Å². The van der Waals surface area contributed by atoms with E-state index in [1.165, 1.54) is 6.07 Å². The number of amides is 1. The molecule has 1 atom stereocenters. The average molecular weight is 492 g/mol. The number of methoxy groups -OCH3 is 1. The molecule has 9 nitrogen and oxygen atoms in total. The molecule has 2 fully saturated rings. The summed E-state index contributed by atoms with van der Waals surface area (Å²) in [5, 5.41) is 12.2. The number of pyridine rings is 1. The highest BCUT2D eigenvalue weighted by molar-refractivity contribution is 6.13. The lowest BCUT2D eigenvalue weighted by molar-refractivity contribution is 0.102. The number of hydrogen-bond donors (Lipinski definition) is 2. The summed E-state index contributed by atoms with van der Waals surface area (Å²) in [5.41, 5.74) is 3.57. The Balaban J connectivity index is 1.25. The molecular formula is C26H30FN7O2. The molecule has 2 aliphatic rings. The largest absolute Gasteiger partial charge is 0.383 e. The molecular weight excluding hydrogens is 461 g/mol. The molecule has 4 aromatic rings. The van der Waals surface area contributed by atoms with Crippen molar-refractivity contribution in [3.8, 4) is 0 Å². The fourth-order valence-corrected chi connectivity index (χ4v) is 5.40. The van der Waals surface area contributed by atoms with Gasteiger partial charge in [0, 0.05) is 74.6 Å². The van der Waals surface area contributed by atoms with Gasteiger partial charge in [-0.2, -0.15) is 5.10 Å². The standard InChI is InChI=1S/C26H30FN7O2/c1-16-11-34-13-18(10-21(27)24(34)28-16)29-25(35)19-4-5-22(20-14-32(2)31-23(19)20)33-9-6-17(12-33)30-26(7-8-26)15-36-3/h4-5,10-11,13-14,17,30H,6-9,12,15H2,1-3H3,(H,29,35). The Morgan fingerprint density at radius 1 is 1.28 bits per heavy atom. The molecule has 2 N–H and O–H groups in total. The molecule has 1 saturated carbocycles. The molecule has 1 unspecified atom stereocenters. The van der Waals surface area contributed by atoms with Crippen LogP contribution in [0.1, 0.15) is 35.3 Å². The first-order valence-electron chi connectivity index (χ1n) is 12.3. The van der Waals surface area contributed by atoms with Gasteiger partial charge in [0.05, 0.1) is 23.6 Å². The van der Waals surface area contributed by atoms with E-state index in [9.17, 15) is 9.18 Å². The molecule has 1 aromatic carbocycles. The van der Waals surface area contributed by atoms with E-state index >= 15 is 0 Å². The number of anilines is 2. The lowest BCUT2D eigenvalue weighted by Crippen LogP contribution is -2.44. The summed E-state index contributed by atoms with van der Waals surface area (Å²) in [7, 11) is 3.61. The van der Waals surface area contributed by atoms with Gasteiger partial charge in [-0.3, -0.25) is 9.48 Å². The van der Waals surface area contributed by atoms with Crippen LogP contribution in [0.4, 0.5) is 15.8 Å². The molecule has 1 saturated heterocycles. The van der Waals surface area contributed by atoms with Crippen LogP contribution in [0.25, 0.3) is 16.6 Å². The Labute approximate surface area is 208 Å². The molecule has 188 valence electrons. The minimum atomic E-state index is -0.491. The topological polar surface area (TPSA) is 88.7 Å². The Kier molecular flexibility index (Phi) is 5.45. The third kappa shape index (κ3) is 4.10. The number of imidazole rings is 1. The summed E-state index contributed by atoms with van der Waals surface area (Å²) < 4.78 is 23.2. The number of rotatable bonds is 7. The third-order valence-corrected chi connectivity index (χ3v) is 7.21. The second kappa shape index (κ2) is 8.56. The van der Waals surface area contributed by atoms with Crippen molar-refractivity contribution in [2.45, 2.75) is 37.8 Å². The number of carbonyl (C=O) groups is 1. The second-order valence-corrected chi connectivity index (χ2v) is 10.1. The number of halogens is 1. The van der Waals surface area contributed by atoms with Crippen LogP contribution < -0.4 is 15.5 Å². The molecule has 36 heavy (non-hydrogen) atoms. The van der Waals surface area contributed by atoms with Gasteiger partial charge in [0.2, 0.25) is 0 Å². The van der Waals surface area contributed by atoms with Crippen LogP contribution in [0.3, 0.4) is 0 Å². The molecule has 10 heteroatoms. The van der Waals surface area contributed by atoms with Crippen LogP contribution in [-0.2, 0) is 11.8 Å². The highest BCUT2D eigenvalue weighted by Crippen LogP contribution is 2.38. The minimum Gasteiger partial charge on any atom is -0.383 e. The molecule has 6 rings (SSSR count). The third-order valence-electron chi connectivity index (χ3n) is 7.21. The number of hydrogen-bond acceptors (Lipinski definition) is 6. The van der Waals surface area contributed by atoms with Gasteiger partial charge in [-0.05, 0) is 38.3 Å². The van der Waals surface area contributed by atoms with Gasteiger partial charge in [0.25, 0.3) is 5.91 Å². The Morgan fingerprint density at radius 2 is 2.11 bits per heavy atom. The van der Waals surface area contributed by atoms with Gasteiger partial charge in [0.1, 0.15) is 5.52 Å². The zero-order valence-electron chi connectivity index (χ0n) is 20.7. The molecule has 1 amide bonds. The van der Waals surface area contributed by atoms with Crippen LogP contribution in [0.2, 0.25) is 0 Å². The molecule has 0 bridgehead atoms. The fraction of sp³-hybridized carbons (Fsp3) is 0.423. The molecule has 1 aliphatic heterocycles. The van der Waals surface area contributed by atoms with Crippen molar-refractivity contribution in [2.75, 3.05) is 37.0 Å². The highest BCUT2D eigenvalue weighted by Gasteiger charge is 2.45. The number of aryl methyl sites for hydroxylation is 2. The summed E-state index contributed by atoms with van der Waals surface area (Å²) in [5.74, 6) is -0.827. The average Bonchev–Trinajstić information content (AvgIpc) is 3.14. The summed E-state index contributed by atoms with van der Waals surface area (Å²) in [6, 6.07) is 5.49. The van der Waals surface area contributed by atoms with Gasteiger partial charge in [-0.25, -0.2) is 9.37 Å². The number of nitrogens with one attached hydrogen (secondary N) is 2. The Hall–Kier alpha value is -3.50. The monoisotopic (exact) mass is 491 g/mol. The second-order valence-electron chi connectivity index (χ2n) is 10.1. The maximum Gasteiger partial charge on any atom is 0.257 e. The first kappa shape index (κ1) is 22.9. The summed E-state index contributed by atoms with van der Waals surface area (Å²) in [4.78, 5) is 19.8. The minimum absolute atomic E-state index is 0.138. The van der Waals surface area contributed by atoms with Crippen LogP contribution in [0.5, 0.6) is 0 Å². The molecule has 3 aromatic heterocycles. The van der Waals surface area contributed by atoms with E-state index in [1.54, 1.807) is 35.5 Å². The van der Waals surface area contributed by atoms with E-state index in [4.69, 9.17) is 4.74 Å². The smallest absolute Gasteiger partial charge is 0.257 e. The first-order chi connectivity index (χ1) is 17.3. The predicted molar refractivity (Wildman–Crippen MR) is 136 cm³/mol. The van der Waals surface area contributed by atoms with Crippen LogP contribution in [-0.4, -0.2) is 63.5 Å². The van der Waals surface area contributed by atoms with Gasteiger partial charge < -0.3 is 24.7 Å². The van der Waals surface area contributed by atoms with Crippen molar-refractivity contribution in [3.63, 3.8) is 0 Å².